The summed E-state index contributed by atoms with van der Waals surface area (Å²) in [7, 11) is 1.61. The lowest BCUT2D eigenvalue weighted by Gasteiger charge is -2.19. The smallest absolute Gasteiger partial charge is 0.282 e. The Morgan fingerprint density at radius 1 is 1.24 bits per heavy atom. The van der Waals surface area contributed by atoms with Gasteiger partial charge in [-0.25, -0.2) is 4.98 Å². The highest BCUT2D eigenvalue weighted by atomic mass is 79.9. The maximum absolute atomic E-state index is 13.3. The number of fused-ring (bicyclic) bond motifs is 1. The van der Waals surface area contributed by atoms with E-state index in [1.54, 1.807) is 19.4 Å². The van der Waals surface area contributed by atoms with Crippen LogP contribution < -0.4 is 15.0 Å². The molecule has 1 aromatic heterocycles. The average molecular weight is 512 g/mol. The van der Waals surface area contributed by atoms with Gasteiger partial charge in [-0.15, -0.1) is 6.58 Å². The number of allylic oxidation sites excluding steroid dienone is 1. The quantitative estimate of drug-likeness (QED) is 0.258. The minimum absolute atomic E-state index is 0.0140. The van der Waals surface area contributed by atoms with Gasteiger partial charge in [0.1, 0.15) is 5.82 Å². The first-order chi connectivity index (χ1) is 15.8. The number of halogens is 1. The molecule has 33 heavy (non-hydrogen) atoms. The van der Waals surface area contributed by atoms with Crippen LogP contribution in [0.4, 0.5) is 0 Å². The fourth-order valence-electron chi connectivity index (χ4n) is 3.41. The molecule has 0 aliphatic carbocycles. The Kier molecular flexibility index (Phi) is 8.08. The van der Waals surface area contributed by atoms with Gasteiger partial charge in [0.2, 0.25) is 0 Å². The second-order valence-electron chi connectivity index (χ2n) is 8.19. The largest absolute Gasteiger partial charge is 0.493 e. The highest BCUT2D eigenvalue weighted by Gasteiger charge is 2.16. The van der Waals surface area contributed by atoms with Crippen molar-refractivity contribution in [3.63, 3.8) is 0 Å². The summed E-state index contributed by atoms with van der Waals surface area (Å²) in [4.78, 5) is 18.0. The molecule has 0 unspecified atom stereocenters. The van der Waals surface area contributed by atoms with Crippen LogP contribution in [0.2, 0.25) is 0 Å². The number of hydrogen-bond donors (Lipinski definition) is 0. The molecule has 1 heterocycles. The number of nitrogens with zero attached hydrogens (tertiary/aromatic N) is 3. The second kappa shape index (κ2) is 10.8. The Labute approximate surface area is 203 Å². The van der Waals surface area contributed by atoms with Crippen molar-refractivity contribution in [2.75, 3.05) is 7.11 Å². The summed E-state index contributed by atoms with van der Waals surface area (Å²) in [6.45, 7) is 11.9. The van der Waals surface area contributed by atoms with E-state index in [-0.39, 0.29) is 17.6 Å². The Balaban J connectivity index is 2.13. The first-order valence-corrected chi connectivity index (χ1v) is 11.8. The predicted molar refractivity (Wildman–Crippen MR) is 138 cm³/mol. The van der Waals surface area contributed by atoms with Crippen LogP contribution in [0.5, 0.6) is 11.5 Å². The van der Waals surface area contributed by atoms with Crippen molar-refractivity contribution in [1.82, 2.24) is 9.66 Å². The third-order valence-electron chi connectivity index (χ3n) is 5.30. The molecule has 3 aromatic rings. The molecule has 7 heteroatoms. The van der Waals surface area contributed by atoms with Crippen LogP contribution in [-0.4, -0.2) is 29.1 Å². The normalized spacial score (nSPS) is 12.5. The molecule has 6 nitrogen and oxygen atoms in total. The van der Waals surface area contributed by atoms with Gasteiger partial charge in [0.05, 0.1) is 30.3 Å². The summed E-state index contributed by atoms with van der Waals surface area (Å²) in [6.07, 6.45) is 5.03. The third-order valence-corrected chi connectivity index (χ3v) is 5.80. The van der Waals surface area contributed by atoms with Crippen LogP contribution in [0.1, 0.15) is 57.0 Å². The zero-order valence-electron chi connectivity index (χ0n) is 19.8. The van der Waals surface area contributed by atoms with E-state index in [1.807, 2.05) is 51.1 Å². The number of hydrogen-bond acceptors (Lipinski definition) is 5. The summed E-state index contributed by atoms with van der Waals surface area (Å²) in [5.41, 5.74) is 2.18. The lowest BCUT2D eigenvalue weighted by molar-refractivity contribution is 0.206. The molecule has 0 amide bonds. The minimum atomic E-state index is -0.212. The molecule has 174 valence electrons. The van der Waals surface area contributed by atoms with E-state index in [1.165, 1.54) is 4.68 Å². The average Bonchev–Trinajstić information content (AvgIpc) is 2.79. The third kappa shape index (κ3) is 5.53. The van der Waals surface area contributed by atoms with E-state index in [0.717, 1.165) is 22.0 Å². The van der Waals surface area contributed by atoms with Crippen molar-refractivity contribution in [3.05, 3.63) is 74.8 Å². The van der Waals surface area contributed by atoms with Crippen molar-refractivity contribution in [1.29, 1.82) is 0 Å². The molecule has 0 N–H and O–H groups in total. The molecule has 3 rings (SSSR count). The van der Waals surface area contributed by atoms with Crippen LogP contribution >= 0.6 is 15.9 Å². The molecule has 0 saturated carbocycles. The molecule has 1 atom stereocenters. The molecular weight excluding hydrogens is 482 g/mol. The first-order valence-electron chi connectivity index (χ1n) is 11.0. The molecule has 0 aliphatic heterocycles. The van der Waals surface area contributed by atoms with Gasteiger partial charge >= 0.3 is 0 Å². The second-order valence-corrected chi connectivity index (χ2v) is 9.10. The molecule has 0 aliphatic rings. The minimum Gasteiger partial charge on any atom is -0.493 e. The van der Waals surface area contributed by atoms with Crippen LogP contribution in [0.15, 0.2) is 57.4 Å². The highest BCUT2D eigenvalue weighted by Crippen LogP contribution is 2.34. The van der Waals surface area contributed by atoms with Gasteiger partial charge in [0.15, 0.2) is 11.5 Å². The van der Waals surface area contributed by atoms with E-state index in [4.69, 9.17) is 14.5 Å². The Morgan fingerprint density at radius 3 is 2.64 bits per heavy atom. The fourth-order valence-corrected chi connectivity index (χ4v) is 3.77. The van der Waals surface area contributed by atoms with Gasteiger partial charge in [-0.1, -0.05) is 42.8 Å². The summed E-state index contributed by atoms with van der Waals surface area (Å²) in [6, 6.07) is 9.33. The monoisotopic (exact) mass is 511 g/mol. The Morgan fingerprint density at radius 2 is 2.00 bits per heavy atom. The summed E-state index contributed by atoms with van der Waals surface area (Å²) >= 11 is 3.43. The van der Waals surface area contributed by atoms with Gasteiger partial charge in [-0.2, -0.15) is 9.78 Å². The summed E-state index contributed by atoms with van der Waals surface area (Å²) < 4.78 is 13.9. The van der Waals surface area contributed by atoms with E-state index in [9.17, 15) is 4.79 Å². The number of benzene rings is 2. The fraction of sp³-hybridized carbons (Fsp3) is 0.346. The molecule has 0 saturated heterocycles. The van der Waals surface area contributed by atoms with Crippen LogP contribution in [0.3, 0.4) is 0 Å². The van der Waals surface area contributed by atoms with Gasteiger partial charge in [0.25, 0.3) is 5.56 Å². The van der Waals surface area contributed by atoms with Crippen molar-refractivity contribution >= 4 is 33.0 Å². The molecular formula is C26H30BrN3O3. The predicted octanol–water partition coefficient (Wildman–Crippen LogP) is 6.08. The van der Waals surface area contributed by atoms with E-state index < -0.39 is 0 Å². The first kappa shape index (κ1) is 24.7. The maximum atomic E-state index is 13.3. The summed E-state index contributed by atoms with van der Waals surface area (Å²) in [5.74, 6) is 1.94. The van der Waals surface area contributed by atoms with Gasteiger partial charge in [-0.3, -0.25) is 4.79 Å². The molecule has 0 spiro atoms. The van der Waals surface area contributed by atoms with Crippen LogP contribution in [-0.2, 0) is 6.42 Å². The van der Waals surface area contributed by atoms with Crippen LogP contribution in [0.25, 0.3) is 10.9 Å². The van der Waals surface area contributed by atoms with Crippen LogP contribution in [0, 0.1) is 0 Å². The lowest BCUT2D eigenvalue weighted by atomic mass is 10.1. The number of methoxy groups -OCH3 is 1. The zero-order chi connectivity index (χ0) is 24.1. The number of aromatic nitrogens is 2. The zero-order valence-corrected chi connectivity index (χ0v) is 21.3. The van der Waals surface area contributed by atoms with Gasteiger partial charge in [0, 0.05) is 16.0 Å². The van der Waals surface area contributed by atoms with E-state index >= 15 is 0 Å². The Hall–Kier alpha value is -2.93. The standard InChI is InChI=1S/C26H30BrN3O3/c1-7-9-19-12-18(13-23(32-6)24(19)33-17(5)8-2)15-28-30-25(16(3)4)29-22-11-10-20(27)14-21(22)26(30)31/h7,10-17H,1,8-9H2,2-6H3/t17-/m1/s1. The number of ether oxygens (including phenoxy) is 2. The Bertz CT molecular complexity index is 1250. The van der Waals surface area contributed by atoms with E-state index in [0.29, 0.717) is 34.6 Å². The van der Waals surface area contributed by atoms with Crippen molar-refractivity contribution in [2.24, 2.45) is 5.10 Å². The SMILES string of the molecule is C=CCc1cc(C=Nn2c(C(C)C)nc3ccc(Br)cc3c2=O)cc(OC)c1O[C@H](C)CC. The summed E-state index contributed by atoms with van der Waals surface area (Å²) in [5, 5.41) is 5.05. The van der Waals surface area contributed by atoms with E-state index in [2.05, 4.69) is 34.5 Å². The molecule has 0 radical (unpaired) electrons. The van der Waals surface area contributed by atoms with Gasteiger partial charge in [-0.05, 0) is 55.7 Å². The lowest BCUT2D eigenvalue weighted by Crippen LogP contribution is -2.23. The maximum Gasteiger partial charge on any atom is 0.282 e. The molecule has 2 aromatic carbocycles. The van der Waals surface area contributed by atoms with Crippen molar-refractivity contribution in [2.45, 2.75) is 52.6 Å². The number of rotatable bonds is 9. The highest BCUT2D eigenvalue weighted by molar-refractivity contribution is 9.10. The van der Waals surface area contributed by atoms with Crippen molar-refractivity contribution in [3.8, 4) is 11.5 Å². The topological polar surface area (TPSA) is 65.7 Å². The molecule has 0 bridgehead atoms. The van der Waals surface area contributed by atoms with Crippen molar-refractivity contribution < 1.29 is 9.47 Å². The molecule has 0 fully saturated rings. The van der Waals surface area contributed by atoms with Gasteiger partial charge < -0.3 is 9.47 Å².